The number of hydrogen-bond acceptors (Lipinski definition) is 2. The lowest BCUT2D eigenvalue weighted by Crippen LogP contribution is -2.01. The molecule has 0 aromatic heterocycles. The van der Waals surface area contributed by atoms with Gasteiger partial charge in [-0.05, 0) is 36.8 Å². The molecule has 0 aliphatic heterocycles. The van der Waals surface area contributed by atoms with E-state index >= 15 is 0 Å². The Labute approximate surface area is 116 Å². The average molecular weight is 277 g/mol. The number of ether oxygens (including phenoxy) is 1. The zero-order chi connectivity index (χ0) is 14.0. The lowest BCUT2D eigenvalue weighted by molar-refractivity contribution is 0.0697. The van der Waals surface area contributed by atoms with Crippen LogP contribution >= 0.6 is 11.6 Å². The molecule has 0 saturated heterocycles. The van der Waals surface area contributed by atoms with Gasteiger partial charge in [-0.3, -0.25) is 0 Å². The van der Waals surface area contributed by atoms with Crippen LogP contribution in [-0.2, 0) is 0 Å². The molecule has 0 fully saturated rings. The summed E-state index contributed by atoms with van der Waals surface area (Å²) in [6, 6.07) is 10.4. The van der Waals surface area contributed by atoms with E-state index in [2.05, 4.69) is 0 Å². The van der Waals surface area contributed by atoms with Gasteiger partial charge in [0.15, 0.2) is 0 Å². The lowest BCUT2D eigenvalue weighted by atomic mass is 9.97. The minimum absolute atomic E-state index is 0.251. The average Bonchev–Trinajstić information content (AvgIpc) is 2.38. The van der Waals surface area contributed by atoms with Crippen LogP contribution in [0.25, 0.3) is 11.1 Å². The highest BCUT2D eigenvalue weighted by atomic mass is 35.5. The van der Waals surface area contributed by atoms with Crippen molar-refractivity contribution in [3.63, 3.8) is 0 Å². The molecule has 0 bridgehead atoms. The topological polar surface area (TPSA) is 46.5 Å². The SMILES string of the molecule is COc1cc(Cl)ccc1-c1ccc(C)cc1C(=O)O. The van der Waals surface area contributed by atoms with Gasteiger partial charge in [0.25, 0.3) is 0 Å². The van der Waals surface area contributed by atoms with Crippen LogP contribution in [0.5, 0.6) is 5.75 Å². The molecular weight excluding hydrogens is 264 g/mol. The molecule has 98 valence electrons. The van der Waals surface area contributed by atoms with Crippen LogP contribution in [0.3, 0.4) is 0 Å². The van der Waals surface area contributed by atoms with Crippen LogP contribution in [0, 0.1) is 6.92 Å². The fourth-order valence-electron chi connectivity index (χ4n) is 1.96. The molecular formula is C15H13ClO3. The Morgan fingerprint density at radius 3 is 2.47 bits per heavy atom. The van der Waals surface area contributed by atoms with Gasteiger partial charge >= 0.3 is 5.97 Å². The van der Waals surface area contributed by atoms with Crippen molar-refractivity contribution in [2.45, 2.75) is 6.92 Å². The van der Waals surface area contributed by atoms with E-state index in [0.717, 1.165) is 5.56 Å². The molecule has 2 aromatic rings. The van der Waals surface area contributed by atoms with E-state index in [1.54, 1.807) is 30.3 Å². The molecule has 1 N–H and O–H groups in total. The van der Waals surface area contributed by atoms with Crippen molar-refractivity contribution in [1.29, 1.82) is 0 Å². The Kier molecular flexibility index (Phi) is 3.76. The third-order valence-corrected chi connectivity index (χ3v) is 3.09. The summed E-state index contributed by atoms with van der Waals surface area (Å²) >= 11 is 5.91. The summed E-state index contributed by atoms with van der Waals surface area (Å²) < 4.78 is 5.27. The summed E-state index contributed by atoms with van der Waals surface area (Å²) in [7, 11) is 1.53. The summed E-state index contributed by atoms with van der Waals surface area (Å²) in [6.07, 6.45) is 0. The number of halogens is 1. The zero-order valence-corrected chi connectivity index (χ0v) is 11.4. The molecule has 19 heavy (non-hydrogen) atoms. The van der Waals surface area contributed by atoms with Crippen LogP contribution in [0.4, 0.5) is 0 Å². The largest absolute Gasteiger partial charge is 0.496 e. The van der Waals surface area contributed by atoms with Gasteiger partial charge in [0, 0.05) is 10.6 Å². The van der Waals surface area contributed by atoms with E-state index in [0.29, 0.717) is 21.9 Å². The fraction of sp³-hybridized carbons (Fsp3) is 0.133. The van der Waals surface area contributed by atoms with Gasteiger partial charge in [-0.15, -0.1) is 0 Å². The third kappa shape index (κ3) is 2.71. The second kappa shape index (κ2) is 5.33. The number of carboxylic acids is 1. The number of carboxylic acid groups (broad SMARTS) is 1. The van der Waals surface area contributed by atoms with Crippen LogP contribution in [0.15, 0.2) is 36.4 Å². The number of carbonyl (C=O) groups is 1. The fourth-order valence-corrected chi connectivity index (χ4v) is 2.12. The second-order valence-electron chi connectivity index (χ2n) is 4.20. The van der Waals surface area contributed by atoms with Gasteiger partial charge in [-0.2, -0.15) is 0 Å². The van der Waals surface area contributed by atoms with Crippen LogP contribution in [-0.4, -0.2) is 18.2 Å². The maximum Gasteiger partial charge on any atom is 0.336 e. The van der Waals surface area contributed by atoms with Crippen LogP contribution in [0.1, 0.15) is 15.9 Å². The van der Waals surface area contributed by atoms with Crippen LogP contribution < -0.4 is 4.74 Å². The van der Waals surface area contributed by atoms with Gasteiger partial charge in [0.2, 0.25) is 0 Å². The van der Waals surface area contributed by atoms with Crippen molar-refractivity contribution in [2.24, 2.45) is 0 Å². The summed E-state index contributed by atoms with van der Waals surface area (Å²) in [5.41, 5.74) is 2.48. The number of hydrogen-bond donors (Lipinski definition) is 1. The maximum absolute atomic E-state index is 11.3. The van der Waals surface area contributed by atoms with Crippen molar-refractivity contribution >= 4 is 17.6 Å². The molecule has 0 spiro atoms. The van der Waals surface area contributed by atoms with E-state index in [4.69, 9.17) is 16.3 Å². The third-order valence-electron chi connectivity index (χ3n) is 2.86. The Balaban J connectivity index is 2.68. The zero-order valence-electron chi connectivity index (χ0n) is 10.6. The van der Waals surface area contributed by atoms with Crippen molar-refractivity contribution in [2.75, 3.05) is 7.11 Å². The number of methoxy groups -OCH3 is 1. The Bertz CT molecular complexity index is 635. The summed E-state index contributed by atoms with van der Waals surface area (Å²) in [5.74, 6) is -0.408. The van der Waals surface area contributed by atoms with Gasteiger partial charge in [0.05, 0.1) is 12.7 Å². The molecule has 0 saturated carbocycles. The first-order valence-corrected chi connectivity index (χ1v) is 6.08. The highest BCUT2D eigenvalue weighted by Crippen LogP contribution is 2.34. The highest BCUT2D eigenvalue weighted by molar-refractivity contribution is 6.30. The minimum atomic E-state index is -0.962. The first-order chi connectivity index (χ1) is 9.02. The molecule has 2 aromatic carbocycles. The first-order valence-electron chi connectivity index (χ1n) is 5.71. The Hall–Kier alpha value is -2.00. The molecule has 0 amide bonds. The monoisotopic (exact) mass is 276 g/mol. The molecule has 0 atom stereocenters. The van der Waals surface area contributed by atoms with E-state index in [1.165, 1.54) is 7.11 Å². The van der Waals surface area contributed by atoms with Crippen molar-refractivity contribution in [1.82, 2.24) is 0 Å². The van der Waals surface area contributed by atoms with Crippen molar-refractivity contribution < 1.29 is 14.6 Å². The summed E-state index contributed by atoms with van der Waals surface area (Å²) in [4.78, 5) is 11.3. The highest BCUT2D eigenvalue weighted by Gasteiger charge is 2.15. The molecule has 0 unspecified atom stereocenters. The van der Waals surface area contributed by atoms with Crippen LogP contribution in [0.2, 0.25) is 5.02 Å². The molecule has 4 heteroatoms. The minimum Gasteiger partial charge on any atom is -0.496 e. The number of aryl methyl sites for hydroxylation is 1. The quantitative estimate of drug-likeness (QED) is 0.921. The van der Waals surface area contributed by atoms with Gasteiger partial charge in [-0.25, -0.2) is 4.79 Å². The van der Waals surface area contributed by atoms with Gasteiger partial charge < -0.3 is 9.84 Å². The molecule has 0 aliphatic carbocycles. The molecule has 0 aliphatic rings. The van der Waals surface area contributed by atoms with Gasteiger partial charge in [0.1, 0.15) is 5.75 Å². The predicted molar refractivity (Wildman–Crippen MR) is 75.1 cm³/mol. The van der Waals surface area contributed by atoms with Crippen molar-refractivity contribution in [3.05, 3.63) is 52.5 Å². The molecule has 2 rings (SSSR count). The maximum atomic E-state index is 11.3. The lowest BCUT2D eigenvalue weighted by Gasteiger charge is -2.12. The van der Waals surface area contributed by atoms with E-state index in [9.17, 15) is 9.90 Å². The Morgan fingerprint density at radius 1 is 1.16 bits per heavy atom. The molecule has 0 radical (unpaired) electrons. The molecule has 0 heterocycles. The Morgan fingerprint density at radius 2 is 1.84 bits per heavy atom. The standard InChI is InChI=1S/C15H13ClO3/c1-9-3-5-11(13(7-9)15(17)18)12-6-4-10(16)8-14(12)19-2/h3-8H,1-2H3,(H,17,18). The van der Waals surface area contributed by atoms with Gasteiger partial charge in [-0.1, -0.05) is 29.3 Å². The second-order valence-corrected chi connectivity index (χ2v) is 4.64. The normalized spacial score (nSPS) is 10.3. The van der Waals surface area contributed by atoms with Crippen molar-refractivity contribution in [3.8, 4) is 16.9 Å². The first kappa shape index (κ1) is 13.4. The molecule has 3 nitrogen and oxygen atoms in total. The summed E-state index contributed by atoms with van der Waals surface area (Å²) in [6.45, 7) is 1.86. The summed E-state index contributed by atoms with van der Waals surface area (Å²) in [5, 5.41) is 9.85. The number of benzene rings is 2. The smallest absolute Gasteiger partial charge is 0.336 e. The van der Waals surface area contributed by atoms with E-state index < -0.39 is 5.97 Å². The van der Waals surface area contributed by atoms with E-state index in [-0.39, 0.29) is 5.56 Å². The number of rotatable bonds is 3. The van der Waals surface area contributed by atoms with E-state index in [1.807, 2.05) is 13.0 Å². The predicted octanol–water partition coefficient (Wildman–Crippen LogP) is 4.02. The number of aromatic carboxylic acids is 1.